The van der Waals surface area contributed by atoms with E-state index in [1.54, 1.807) is 0 Å². The molecular formula is C13H13ClN2O4S2. The largest absolute Gasteiger partial charge is 0.477 e. The highest BCUT2D eigenvalue weighted by molar-refractivity contribution is 7.81. The number of thiophene rings is 1. The molecule has 1 aromatic heterocycles. The second-order valence-electron chi connectivity index (χ2n) is 4.61. The van der Waals surface area contributed by atoms with Crippen LogP contribution < -0.4 is 5.32 Å². The number of carbonyl (C=O) groups is 3. The summed E-state index contributed by atoms with van der Waals surface area (Å²) in [4.78, 5) is 36.9. The zero-order valence-corrected chi connectivity index (χ0v) is 13.9. The number of nitrogens with zero attached hydrogens (tertiary/aromatic N) is 1. The van der Waals surface area contributed by atoms with E-state index in [0.29, 0.717) is 0 Å². The third-order valence-corrected chi connectivity index (χ3v) is 4.65. The Hall–Kier alpha value is -1.51. The molecular weight excluding hydrogens is 348 g/mol. The van der Waals surface area contributed by atoms with E-state index in [9.17, 15) is 14.4 Å². The summed E-state index contributed by atoms with van der Waals surface area (Å²) >= 11 is 11.3. The van der Waals surface area contributed by atoms with Crippen LogP contribution in [0, 0.1) is 0 Å². The molecule has 0 aromatic carbocycles. The molecule has 1 aromatic rings. The lowest BCUT2D eigenvalue weighted by Crippen LogP contribution is -2.68. The van der Waals surface area contributed by atoms with Gasteiger partial charge in [-0.15, -0.1) is 11.3 Å². The van der Waals surface area contributed by atoms with Gasteiger partial charge in [0.05, 0.1) is 6.42 Å². The summed E-state index contributed by atoms with van der Waals surface area (Å²) < 4.78 is 0. The summed E-state index contributed by atoms with van der Waals surface area (Å²) in [5.74, 6) is -2.18. The fourth-order valence-electron chi connectivity index (χ4n) is 2.07. The van der Waals surface area contributed by atoms with E-state index in [-0.39, 0.29) is 23.1 Å². The Balaban J connectivity index is 2.02. The average Bonchev–Trinajstić information content (AvgIpc) is 2.93. The number of carboxylic acid groups (broad SMARTS) is 1. The SMILES string of the molecule is C/C(Cl)=C(\C(=O)O)N1C(=O)C(NC(=O)Cc2cccs2)C1S. The monoisotopic (exact) mass is 360 g/mol. The van der Waals surface area contributed by atoms with Crippen molar-refractivity contribution < 1.29 is 19.5 Å². The van der Waals surface area contributed by atoms with Crippen molar-refractivity contribution in [3.05, 3.63) is 33.1 Å². The maximum absolute atomic E-state index is 12.1. The number of nitrogens with one attached hydrogen (secondary N) is 1. The van der Waals surface area contributed by atoms with E-state index < -0.39 is 23.3 Å². The first-order valence-electron chi connectivity index (χ1n) is 6.25. The Bertz CT molecular complexity index is 640. The Kier molecular flexibility index (Phi) is 5.15. The highest BCUT2D eigenvalue weighted by atomic mass is 35.5. The van der Waals surface area contributed by atoms with Gasteiger partial charge in [-0.05, 0) is 18.4 Å². The molecule has 2 amide bonds. The number of amides is 2. The van der Waals surface area contributed by atoms with Crippen LogP contribution in [0.15, 0.2) is 28.2 Å². The normalized spacial score (nSPS) is 22.0. The van der Waals surface area contributed by atoms with Crippen LogP contribution >= 0.6 is 35.6 Å². The number of thiol groups is 1. The molecule has 118 valence electrons. The molecule has 0 spiro atoms. The number of likely N-dealkylation sites (tertiary alicyclic amines) is 1. The van der Waals surface area contributed by atoms with Crippen LogP contribution in [0.5, 0.6) is 0 Å². The van der Waals surface area contributed by atoms with Gasteiger partial charge in [-0.25, -0.2) is 4.79 Å². The summed E-state index contributed by atoms with van der Waals surface area (Å²) in [6.45, 7) is 1.38. The van der Waals surface area contributed by atoms with Crippen molar-refractivity contribution in [3.8, 4) is 0 Å². The molecule has 1 aliphatic heterocycles. The van der Waals surface area contributed by atoms with Crippen molar-refractivity contribution >= 4 is 53.4 Å². The molecule has 2 N–H and O–H groups in total. The quantitative estimate of drug-likeness (QED) is 0.421. The van der Waals surface area contributed by atoms with E-state index in [1.807, 2.05) is 17.5 Å². The number of aliphatic carboxylic acids is 1. The van der Waals surface area contributed by atoms with Gasteiger partial charge in [-0.1, -0.05) is 17.7 Å². The van der Waals surface area contributed by atoms with Gasteiger partial charge in [-0.3, -0.25) is 14.5 Å². The molecule has 1 saturated heterocycles. The van der Waals surface area contributed by atoms with Crippen molar-refractivity contribution in [1.29, 1.82) is 0 Å². The van der Waals surface area contributed by atoms with Gasteiger partial charge in [0.15, 0.2) is 0 Å². The first-order valence-corrected chi connectivity index (χ1v) is 8.03. The lowest BCUT2D eigenvalue weighted by Gasteiger charge is -2.44. The topological polar surface area (TPSA) is 86.7 Å². The second-order valence-corrected chi connectivity index (χ2v) is 6.74. The van der Waals surface area contributed by atoms with Gasteiger partial charge in [-0.2, -0.15) is 12.6 Å². The molecule has 1 fully saturated rings. The van der Waals surface area contributed by atoms with Gasteiger partial charge in [0.25, 0.3) is 5.91 Å². The average molecular weight is 361 g/mol. The number of carboxylic acids is 1. The molecule has 1 aliphatic rings. The standard InChI is InChI=1S/C13H13ClN2O4S2/c1-6(14)10(13(19)20)16-11(18)9(12(16)21)15-8(17)5-7-3-2-4-22-7/h2-4,9,12,21H,5H2,1H3,(H,15,17)(H,19,20)/b10-6-. The molecule has 2 rings (SSSR count). The number of β-lactam (4-membered cyclic amide) rings is 1. The predicted molar refractivity (Wildman–Crippen MR) is 85.8 cm³/mol. The summed E-state index contributed by atoms with van der Waals surface area (Å²) in [5, 5.41) is 12.7. The zero-order valence-electron chi connectivity index (χ0n) is 11.4. The zero-order chi connectivity index (χ0) is 16.4. The molecule has 0 bridgehead atoms. The maximum Gasteiger partial charge on any atom is 0.353 e. The molecule has 0 saturated carbocycles. The predicted octanol–water partition coefficient (Wildman–Crippen LogP) is 1.43. The van der Waals surface area contributed by atoms with Crippen LogP contribution in [0.1, 0.15) is 11.8 Å². The van der Waals surface area contributed by atoms with Crippen molar-refractivity contribution in [2.24, 2.45) is 0 Å². The molecule has 2 unspecified atom stereocenters. The first kappa shape index (κ1) is 16.9. The number of allylic oxidation sites excluding steroid dienone is 1. The lowest BCUT2D eigenvalue weighted by atomic mass is 10.1. The van der Waals surface area contributed by atoms with Crippen LogP contribution in [0.3, 0.4) is 0 Å². The van der Waals surface area contributed by atoms with Crippen molar-refractivity contribution in [2.45, 2.75) is 24.8 Å². The summed E-state index contributed by atoms with van der Waals surface area (Å²) in [7, 11) is 0. The van der Waals surface area contributed by atoms with Crippen molar-refractivity contribution in [2.75, 3.05) is 0 Å². The number of carbonyl (C=O) groups excluding carboxylic acids is 2. The number of hydrogen-bond acceptors (Lipinski definition) is 5. The van der Waals surface area contributed by atoms with E-state index in [0.717, 1.165) is 9.78 Å². The minimum Gasteiger partial charge on any atom is -0.477 e. The Labute approximate surface area is 141 Å². The third-order valence-electron chi connectivity index (χ3n) is 3.07. The summed E-state index contributed by atoms with van der Waals surface area (Å²) in [6.07, 6.45) is 0.165. The first-order chi connectivity index (χ1) is 10.3. The van der Waals surface area contributed by atoms with Gasteiger partial charge in [0.1, 0.15) is 17.1 Å². The van der Waals surface area contributed by atoms with Crippen LogP contribution in [0.2, 0.25) is 0 Å². The maximum atomic E-state index is 12.1. The van der Waals surface area contributed by atoms with Crippen LogP contribution in [0.25, 0.3) is 0 Å². The van der Waals surface area contributed by atoms with Crippen LogP contribution in [-0.4, -0.2) is 39.2 Å². The number of rotatable bonds is 5. The third kappa shape index (κ3) is 3.29. The molecule has 22 heavy (non-hydrogen) atoms. The van der Waals surface area contributed by atoms with E-state index in [4.69, 9.17) is 16.7 Å². The number of hydrogen-bond donors (Lipinski definition) is 3. The number of halogens is 1. The minimum atomic E-state index is -1.32. The Morgan fingerprint density at radius 2 is 2.23 bits per heavy atom. The lowest BCUT2D eigenvalue weighted by molar-refractivity contribution is -0.150. The second kappa shape index (κ2) is 6.72. The highest BCUT2D eigenvalue weighted by Crippen LogP contribution is 2.30. The highest BCUT2D eigenvalue weighted by Gasteiger charge is 2.49. The fraction of sp³-hybridized carbons (Fsp3) is 0.308. The Morgan fingerprint density at radius 3 is 2.68 bits per heavy atom. The fourth-order valence-corrected chi connectivity index (χ4v) is 3.37. The molecule has 0 aliphatic carbocycles. The minimum absolute atomic E-state index is 0.0248. The smallest absolute Gasteiger partial charge is 0.353 e. The van der Waals surface area contributed by atoms with E-state index in [1.165, 1.54) is 18.3 Å². The van der Waals surface area contributed by atoms with E-state index in [2.05, 4.69) is 17.9 Å². The van der Waals surface area contributed by atoms with Crippen molar-refractivity contribution in [1.82, 2.24) is 10.2 Å². The molecule has 2 heterocycles. The summed E-state index contributed by atoms with van der Waals surface area (Å²) in [6, 6.07) is 2.79. The van der Waals surface area contributed by atoms with E-state index >= 15 is 0 Å². The molecule has 9 heteroatoms. The van der Waals surface area contributed by atoms with Crippen molar-refractivity contribution in [3.63, 3.8) is 0 Å². The van der Waals surface area contributed by atoms with Gasteiger partial charge in [0.2, 0.25) is 5.91 Å². The van der Waals surface area contributed by atoms with Gasteiger partial charge < -0.3 is 10.4 Å². The molecule has 2 atom stereocenters. The summed E-state index contributed by atoms with van der Waals surface area (Å²) in [5.41, 5.74) is -0.324. The van der Waals surface area contributed by atoms with Crippen LogP contribution in [0.4, 0.5) is 0 Å². The molecule has 0 radical (unpaired) electrons. The molecule has 6 nitrogen and oxygen atoms in total. The van der Waals surface area contributed by atoms with Crippen LogP contribution in [-0.2, 0) is 20.8 Å². The van der Waals surface area contributed by atoms with Gasteiger partial charge >= 0.3 is 5.97 Å². The Morgan fingerprint density at radius 1 is 1.55 bits per heavy atom. The van der Waals surface area contributed by atoms with Gasteiger partial charge in [0, 0.05) is 9.91 Å².